The van der Waals surface area contributed by atoms with Crippen molar-refractivity contribution in [3.63, 3.8) is 0 Å². The van der Waals surface area contributed by atoms with Gasteiger partial charge in [-0.2, -0.15) is 4.98 Å². The zero-order valence-electron chi connectivity index (χ0n) is 12.5. The van der Waals surface area contributed by atoms with Crippen molar-refractivity contribution in [1.82, 2.24) is 15.5 Å². The highest BCUT2D eigenvalue weighted by atomic mass is 35.5. The highest BCUT2D eigenvalue weighted by Gasteiger charge is 2.19. The van der Waals surface area contributed by atoms with E-state index in [1.54, 1.807) is 50.2 Å². The second-order valence-electron chi connectivity index (χ2n) is 5.07. The molecule has 2 heterocycles. The van der Waals surface area contributed by atoms with Gasteiger partial charge in [-0.05, 0) is 50.2 Å². The van der Waals surface area contributed by atoms with Gasteiger partial charge in [0.25, 0.3) is 5.91 Å². The topological polar surface area (TPSA) is 81.2 Å². The number of carbonyl (C=O) groups excluding carboxylic acids is 1. The molecular formula is C16H14ClN3O3. The second-order valence-corrected chi connectivity index (χ2v) is 5.50. The van der Waals surface area contributed by atoms with Gasteiger partial charge in [-0.25, -0.2) is 0 Å². The van der Waals surface area contributed by atoms with Crippen molar-refractivity contribution >= 4 is 17.5 Å². The Hall–Kier alpha value is -2.60. The molecule has 0 fully saturated rings. The van der Waals surface area contributed by atoms with Gasteiger partial charge < -0.3 is 14.3 Å². The second kappa shape index (κ2) is 6.26. The number of aryl methyl sites for hydroxylation is 1. The van der Waals surface area contributed by atoms with E-state index in [2.05, 4.69) is 15.5 Å². The minimum atomic E-state index is -0.443. The molecule has 0 aliphatic carbocycles. The highest BCUT2D eigenvalue weighted by Crippen LogP contribution is 2.21. The summed E-state index contributed by atoms with van der Waals surface area (Å²) in [6, 6.07) is 9.99. The maximum atomic E-state index is 12.0. The van der Waals surface area contributed by atoms with Crippen molar-refractivity contribution in [3.8, 4) is 11.4 Å². The van der Waals surface area contributed by atoms with Gasteiger partial charge in [0.15, 0.2) is 5.76 Å². The molecule has 0 aliphatic heterocycles. The van der Waals surface area contributed by atoms with Gasteiger partial charge in [-0.15, -0.1) is 0 Å². The molecule has 6 nitrogen and oxygen atoms in total. The molecule has 3 aromatic rings. The summed E-state index contributed by atoms with van der Waals surface area (Å²) in [4.78, 5) is 16.3. The Morgan fingerprint density at radius 3 is 2.61 bits per heavy atom. The van der Waals surface area contributed by atoms with Crippen LogP contribution in [-0.2, 0) is 0 Å². The number of hydrogen-bond acceptors (Lipinski definition) is 5. The van der Waals surface area contributed by atoms with E-state index >= 15 is 0 Å². The van der Waals surface area contributed by atoms with Crippen LogP contribution in [0.1, 0.15) is 35.2 Å². The van der Waals surface area contributed by atoms with E-state index in [4.69, 9.17) is 20.5 Å². The first kappa shape index (κ1) is 15.3. The Labute approximate surface area is 137 Å². The summed E-state index contributed by atoms with van der Waals surface area (Å²) >= 11 is 5.85. The summed E-state index contributed by atoms with van der Waals surface area (Å²) in [6.07, 6.45) is 0. The van der Waals surface area contributed by atoms with Crippen LogP contribution in [0.2, 0.25) is 5.02 Å². The molecule has 118 valence electrons. The van der Waals surface area contributed by atoms with E-state index in [-0.39, 0.29) is 11.7 Å². The highest BCUT2D eigenvalue weighted by molar-refractivity contribution is 6.30. The fraction of sp³-hybridized carbons (Fsp3) is 0.188. The largest absolute Gasteiger partial charge is 0.456 e. The Balaban J connectivity index is 1.72. The van der Waals surface area contributed by atoms with Crippen LogP contribution in [0.4, 0.5) is 0 Å². The number of furan rings is 1. The minimum absolute atomic E-state index is 0.242. The van der Waals surface area contributed by atoms with Crippen LogP contribution in [-0.4, -0.2) is 16.0 Å². The number of aromatic nitrogens is 2. The molecule has 0 unspecified atom stereocenters. The number of benzene rings is 1. The van der Waals surface area contributed by atoms with Crippen molar-refractivity contribution in [3.05, 3.63) is 58.8 Å². The molecule has 0 spiro atoms. The van der Waals surface area contributed by atoms with Crippen LogP contribution in [0, 0.1) is 6.92 Å². The predicted octanol–water partition coefficient (Wildman–Crippen LogP) is 3.78. The molecule has 1 atom stereocenters. The Bertz CT molecular complexity index is 823. The van der Waals surface area contributed by atoms with Crippen LogP contribution in [0.15, 0.2) is 45.3 Å². The van der Waals surface area contributed by atoms with Crippen molar-refractivity contribution in [2.45, 2.75) is 19.9 Å². The average Bonchev–Trinajstić information content (AvgIpc) is 3.17. The van der Waals surface area contributed by atoms with Crippen LogP contribution in [0.25, 0.3) is 11.4 Å². The summed E-state index contributed by atoms with van der Waals surface area (Å²) < 4.78 is 10.5. The molecule has 0 aliphatic rings. The lowest BCUT2D eigenvalue weighted by molar-refractivity contribution is 0.0903. The molecule has 0 bridgehead atoms. The third-order valence-electron chi connectivity index (χ3n) is 3.23. The molecule has 0 saturated heterocycles. The van der Waals surface area contributed by atoms with Crippen molar-refractivity contribution in [1.29, 1.82) is 0 Å². The monoisotopic (exact) mass is 331 g/mol. The van der Waals surface area contributed by atoms with Gasteiger partial charge >= 0.3 is 0 Å². The third kappa shape index (κ3) is 3.43. The number of nitrogens with one attached hydrogen (secondary N) is 1. The standard InChI is InChI=1S/C16H14ClN3O3/c1-9-3-8-13(22-9)15(21)18-10(2)16-19-14(20-23-16)11-4-6-12(17)7-5-11/h3-8,10H,1-2H3,(H,18,21)/t10-/m1/s1. The molecule has 0 saturated carbocycles. The van der Waals surface area contributed by atoms with E-state index in [0.29, 0.717) is 22.5 Å². The number of rotatable bonds is 4. The summed E-state index contributed by atoms with van der Waals surface area (Å²) in [5.41, 5.74) is 0.782. The molecule has 3 rings (SSSR count). The SMILES string of the molecule is Cc1ccc(C(=O)N[C@H](C)c2nc(-c3ccc(Cl)cc3)no2)o1. The maximum Gasteiger partial charge on any atom is 0.287 e. The quantitative estimate of drug-likeness (QED) is 0.786. The average molecular weight is 332 g/mol. The summed E-state index contributed by atoms with van der Waals surface area (Å²) in [5.74, 6) is 1.33. The Morgan fingerprint density at radius 2 is 1.96 bits per heavy atom. The molecule has 2 aromatic heterocycles. The number of nitrogens with zero attached hydrogens (tertiary/aromatic N) is 2. The lowest BCUT2D eigenvalue weighted by Crippen LogP contribution is -2.26. The first-order valence-corrected chi connectivity index (χ1v) is 7.37. The lowest BCUT2D eigenvalue weighted by Gasteiger charge is -2.07. The van der Waals surface area contributed by atoms with Gasteiger partial charge in [0.2, 0.25) is 11.7 Å². The fourth-order valence-corrected chi connectivity index (χ4v) is 2.14. The molecule has 1 aromatic carbocycles. The number of amides is 1. The molecule has 23 heavy (non-hydrogen) atoms. The summed E-state index contributed by atoms with van der Waals surface area (Å²) in [5, 5.41) is 7.30. The Morgan fingerprint density at radius 1 is 1.22 bits per heavy atom. The van der Waals surface area contributed by atoms with Gasteiger partial charge in [-0.1, -0.05) is 16.8 Å². The molecule has 1 N–H and O–H groups in total. The van der Waals surface area contributed by atoms with Crippen LogP contribution in [0.3, 0.4) is 0 Å². The van der Waals surface area contributed by atoms with E-state index in [9.17, 15) is 4.79 Å². The molecule has 0 radical (unpaired) electrons. The molecular weight excluding hydrogens is 318 g/mol. The van der Waals surface area contributed by atoms with Crippen molar-refractivity contribution < 1.29 is 13.7 Å². The smallest absolute Gasteiger partial charge is 0.287 e. The van der Waals surface area contributed by atoms with Crippen LogP contribution >= 0.6 is 11.6 Å². The minimum Gasteiger partial charge on any atom is -0.456 e. The number of hydrogen-bond donors (Lipinski definition) is 1. The number of carbonyl (C=O) groups is 1. The zero-order chi connectivity index (χ0) is 16.4. The first-order chi connectivity index (χ1) is 11.0. The predicted molar refractivity (Wildman–Crippen MR) is 84.1 cm³/mol. The van der Waals surface area contributed by atoms with Gasteiger partial charge in [0.05, 0.1) is 0 Å². The van der Waals surface area contributed by atoms with Crippen molar-refractivity contribution in [2.75, 3.05) is 0 Å². The third-order valence-corrected chi connectivity index (χ3v) is 3.48. The summed E-state index contributed by atoms with van der Waals surface area (Å²) in [7, 11) is 0. The Kier molecular flexibility index (Phi) is 4.16. The van der Waals surface area contributed by atoms with E-state index < -0.39 is 6.04 Å². The molecule has 1 amide bonds. The maximum absolute atomic E-state index is 12.0. The molecule has 7 heteroatoms. The zero-order valence-corrected chi connectivity index (χ0v) is 13.3. The summed E-state index contributed by atoms with van der Waals surface area (Å²) in [6.45, 7) is 3.53. The van der Waals surface area contributed by atoms with Crippen LogP contribution in [0.5, 0.6) is 0 Å². The van der Waals surface area contributed by atoms with Gasteiger partial charge in [0, 0.05) is 10.6 Å². The number of halogens is 1. The van der Waals surface area contributed by atoms with E-state index in [1.165, 1.54) is 0 Å². The van der Waals surface area contributed by atoms with Gasteiger partial charge in [-0.3, -0.25) is 4.79 Å². The van der Waals surface area contributed by atoms with Crippen LogP contribution < -0.4 is 5.32 Å². The van der Waals surface area contributed by atoms with E-state index in [1.807, 2.05) is 0 Å². The van der Waals surface area contributed by atoms with E-state index in [0.717, 1.165) is 5.56 Å². The lowest BCUT2D eigenvalue weighted by atomic mass is 10.2. The fourth-order valence-electron chi connectivity index (χ4n) is 2.01. The van der Waals surface area contributed by atoms with Gasteiger partial charge in [0.1, 0.15) is 11.8 Å². The normalized spacial score (nSPS) is 12.1. The first-order valence-electron chi connectivity index (χ1n) is 7.00. The van der Waals surface area contributed by atoms with Crippen molar-refractivity contribution in [2.24, 2.45) is 0 Å².